The zero-order valence-corrected chi connectivity index (χ0v) is 13.8. The highest BCUT2D eigenvalue weighted by molar-refractivity contribution is 7.18. The summed E-state index contributed by atoms with van der Waals surface area (Å²) >= 11 is 6.70. The molecule has 3 N–H and O–H groups in total. The summed E-state index contributed by atoms with van der Waals surface area (Å²) in [6.07, 6.45) is 0. The normalized spacial score (nSPS) is 10.2. The van der Waals surface area contributed by atoms with Crippen LogP contribution in [0.3, 0.4) is 0 Å². The van der Waals surface area contributed by atoms with Crippen molar-refractivity contribution in [3.8, 4) is 0 Å². The van der Waals surface area contributed by atoms with E-state index in [4.69, 9.17) is 11.6 Å². The third-order valence-corrected chi connectivity index (χ3v) is 4.42. The Bertz CT molecular complexity index is 784. The molecule has 0 spiro atoms. The number of thiophene rings is 1. The van der Waals surface area contributed by atoms with Gasteiger partial charge in [0.15, 0.2) is 0 Å². The first-order valence-corrected chi connectivity index (χ1v) is 7.70. The van der Waals surface area contributed by atoms with Gasteiger partial charge in [0.25, 0.3) is 5.91 Å². The molecule has 0 fully saturated rings. The smallest absolute Gasteiger partial charge is 0.339 e. The van der Waals surface area contributed by atoms with Crippen molar-refractivity contribution in [3.63, 3.8) is 0 Å². The summed E-state index contributed by atoms with van der Waals surface area (Å²) in [7, 11) is 0. The number of carbonyl (C=O) groups excluding carboxylic acids is 2. The second kappa shape index (κ2) is 6.80. The topological polar surface area (TPSA) is 95.5 Å². The number of benzene rings is 1. The molecule has 0 radical (unpaired) electrons. The molecule has 2 amide bonds. The van der Waals surface area contributed by atoms with E-state index in [0.717, 1.165) is 11.3 Å². The van der Waals surface area contributed by atoms with Gasteiger partial charge in [-0.3, -0.25) is 9.59 Å². The second-order valence-corrected chi connectivity index (χ2v) is 6.16. The lowest BCUT2D eigenvalue weighted by Gasteiger charge is -2.04. The fourth-order valence-electron chi connectivity index (χ4n) is 1.96. The van der Waals surface area contributed by atoms with E-state index in [0.29, 0.717) is 16.3 Å². The largest absolute Gasteiger partial charge is 0.478 e. The van der Waals surface area contributed by atoms with E-state index in [1.165, 1.54) is 13.8 Å². The summed E-state index contributed by atoms with van der Waals surface area (Å²) in [5.41, 5.74) is 0.759. The molecule has 0 bridgehead atoms. The second-order valence-electron chi connectivity index (χ2n) is 4.71. The van der Waals surface area contributed by atoms with Crippen LogP contribution in [0.4, 0.5) is 10.7 Å². The molecule has 0 saturated heterocycles. The number of aromatic carboxylic acids is 1. The number of amides is 2. The number of halogens is 1. The van der Waals surface area contributed by atoms with Gasteiger partial charge < -0.3 is 15.7 Å². The van der Waals surface area contributed by atoms with Gasteiger partial charge in [0.2, 0.25) is 5.91 Å². The Kier molecular flexibility index (Phi) is 5.02. The van der Waals surface area contributed by atoms with Gasteiger partial charge in [-0.25, -0.2) is 4.79 Å². The highest BCUT2D eigenvalue weighted by atomic mass is 35.5. The quantitative estimate of drug-likeness (QED) is 0.783. The van der Waals surface area contributed by atoms with Crippen LogP contribution in [0.2, 0.25) is 5.02 Å². The molecule has 2 rings (SSSR count). The zero-order chi connectivity index (χ0) is 17.1. The molecule has 0 aliphatic rings. The maximum absolute atomic E-state index is 12.4. The first kappa shape index (κ1) is 17.0. The third kappa shape index (κ3) is 3.88. The number of carbonyl (C=O) groups is 3. The van der Waals surface area contributed by atoms with Crippen LogP contribution in [-0.4, -0.2) is 22.9 Å². The van der Waals surface area contributed by atoms with Gasteiger partial charge in [-0.2, -0.15) is 0 Å². The third-order valence-electron chi connectivity index (χ3n) is 2.96. The van der Waals surface area contributed by atoms with Crippen molar-refractivity contribution in [2.24, 2.45) is 0 Å². The first-order chi connectivity index (χ1) is 10.8. The van der Waals surface area contributed by atoms with Crippen molar-refractivity contribution in [3.05, 3.63) is 45.3 Å². The Morgan fingerprint density at radius 3 is 2.26 bits per heavy atom. The van der Waals surface area contributed by atoms with Gasteiger partial charge in [-0.1, -0.05) is 11.6 Å². The summed E-state index contributed by atoms with van der Waals surface area (Å²) in [4.78, 5) is 35.1. The number of nitrogens with one attached hydrogen (secondary N) is 2. The maximum atomic E-state index is 12.4. The number of hydrogen-bond donors (Lipinski definition) is 3. The van der Waals surface area contributed by atoms with E-state index in [1.807, 2.05) is 0 Å². The van der Waals surface area contributed by atoms with E-state index in [9.17, 15) is 19.5 Å². The Morgan fingerprint density at radius 1 is 1.13 bits per heavy atom. The van der Waals surface area contributed by atoms with Crippen LogP contribution in [0.5, 0.6) is 0 Å². The van der Waals surface area contributed by atoms with Crippen molar-refractivity contribution in [1.29, 1.82) is 0 Å². The van der Waals surface area contributed by atoms with Crippen molar-refractivity contribution < 1.29 is 19.5 Å². The molecule has 1 aromatic heterocycles. The predicted octanol–water partition coefficient (Wildman–Crippen LogP) is 3.62. The van der Waals surface area contributed by atoms with E-state index in [2.05, 4.69) is 10.6 Å². The van der Waals surface area contributed by atoms with Gasteiger partial charge in [0, 0.05) is 17.6 Å². The maximum Gasteiger partial charge on any atom is 0.339 e. The minimum atomic E-state index is -1.20. The number of anilines is 2. The summed E-state index contributed by atoms with van der Waals surface area (Å²) in [6.45, 7) is 2.80. The lowest BCUT2D eigenvalue weighted by Crippen LogP contribution is -2.12. The molecule has 8 heteroatoms. The van der Waals surface area contributed by atoms with Crippen molar-refractivity contribution in [1.82, 2.24) is 0 Å². The van der Waals surface area contributed by atoms with Gasteiger partial charge >= 0.3 is 5.97 Å². The minimum Gasteiger partial charge on any atom is -0.478 e. The van der Waals surface area contributed by atoms with Crippen LogP contribution >= 0.6 is 22.9 Å². The number of carboxylic acid groups (broad SMARTS) is 1. The molecule has 0 aliphatic heterocycles. The highest BCUT2D eigenvalue weighted by Crippen LogP contribution is 2.33. The molecular weight excluding hydrogens is 340 g/mol. The molecule has 0 aliphatic carbocycles. The fraction of sp³-hybridized carbons (Fsp3) is 0.133. The molecule has 0 saturated carbocycles. The first-order valence-electron chi connectivity index (χ1n) is 6.50. The van der Waals surface area contributed by atoms with Crippen LogP contribution in [0, 0.1) is 6.92 Å². The van der Waals surface area contributed by atoms with Gasteiger partial charge in [0.05, 0.1) is 10.4 Å². The number of rotatable bonds is 4. The van der Waals surface area contributed by atoms with Crippen LogP contribution in [-0.2, 0) is 4.79 Å². The highest BCUT2D eigenvalue weighted by Gasteiger charge is 2.24. The Balaban J connectivity index is 2.34. The average Bonchev–Trinajstić information content (AvgIpc) is 2.77. The molecule has 120 valence electrons. The standard InChI is InChI=1S/C15H13ClN2O4S/c1-7-11(15(21)22)14(17-8(2)19)23-12(7)13(20)18-10-5-3-9(16)4-6-10/h3-6H,1-2H3,(H,17,19)(H,18,20)(H,21,22). The van der Waals surface area contributed by atoms with Crippen molar-refractivity contribution >= 4 is 51.4 Å². The lowest BCUT2D eigenvalue weighted by molar-refractivity contribution is -0.114. The average molecular weight is 353 g/mol. The van der Waals surface area contributed by atoms with E-state index in [1.54, 1.807) is 24.3 Å². The summed E-state index contributed by atoms with van der Waals surface area (Å²) < 4.78 is 0. The molecule has 1 heterocycles. The SMILES string of the molecule is CC(=O)Nc1sc(C(=O)Nc2ccc(Cl)cc2)c(C)c1C(=O)O. The Labute approximate surface area is 141 Å². The van der Waals surface area contributed by atoms with E-state index >= 15 is 0 Å². The molecule has 0 atom stereocenters. The van der Waals surface area contributed by atoms with E-state index in [-0.39, 0.29) is 15.4 Å². The molecule has 2 aromatic rings. The van der Waals surface area contributed by atoms with Gasteiger partial charge in [-0.05, 0) is 36.8 Å². The molecule has 23 heavy (non-hydrogen) atoms. The molecule has 0 unspecified atom stereocenters. The van der Waals surface area contributed by atoms with Crippen molar-refractivity contribution in [2.75, 3.05) is 10.6 Å². The van der Waals surface area contributed by atoms with Crippen LogP contribution in [0.15, 0.2) is 24.3 Å². The molecular formula is C15H13ClN2O4S. The zero-order valence-electron chi connectivity index (χ0n) is 12.3. The number of hydrogen-bond acceptors (Lipinski definition) is 4. The number of carboxylic acids is 1. The van der Waals surface area contributed by atoms with Crippen LogP contribution in [0.1, 0.15) is 32.5 Å². The minimum absolute atomic E-state index is 0.0774. The van der Waals surface area contributed by atoms with Crippen LogP contribution in [0.25, 0.3) is 0 Å². The predicted molar refractivity (Wildman–Crippen MR) is 89.7 cm³/mol. The Morgan fingerprint density at radius 2 is 1.74 bits per heavy atom. The van der Waals surface area contributed by atoms with Crippen LogP contribution < -0.4 is 10.6 Å². The van der Waals surface area contributed by atoms with E-state index < -0.39 is 17.8 Å². The van der Waals surface area contributed by atoms with Gasteiger partial charge in [-0.15, -0.1) is 11.3 Å². The fourth-order valence-corrected chi connectivity index (χ4v) is 3.22. The summed E-state index contributed by atoms with van der Waals surface area (Å²) in [6, 6.07) is 6.53. The summed E-state index contributed by atoms with van der Waals surface area (Å²) in [5, 5.41) is 15.1. The Hall–Kier alpha value is -2.38. The molecule has 1 aromatic carbocycles. The summed E-state index contributed by atoms with van der Waals surface area (Å²) in [5.74, 6) is -2.06. The molecule has 6 nitrogen and oxygen atoms in total. The van der Waals surface area contributed by atoms with Gasteiger partial charge in [0.1, 0.15) is 5.00 Å². The lowest BCUT2D eigenvalue weighted by atomic mass is 10.1. The monoisotopic (exact) mass is 352 g/mol. The van der Waals surface area contributed by atoms with Crippen molar-refractivity contribution in [2.45, 2.75) is 13.8 Å².